The van der Waals surface area contributed by atoms with E-state index >= 15 is 0 Å². The van der Waals surface area contributed by atoms with Gasteiger partial charge in [0.05, 0.1) is 16.7 Å². The zero-order chi connectivity index (χ0) is 11.0. The fourth-order valence-corrected chi connectivity index (χ4v) is 2.59. The molecular weight excluding hydrogens is 266 g/mol. The zero-order valence-corrected chi connectivity index (χ0v) is 10.3. The van der Waals surface area contributed by atoms with E-state index in [9.17, 15) is 0 Å². The second kappa shape index (κ2) is 3.94. The van der Waals surface area contributed by atoms with Crippen molar-refractivity contribution >= 4 is 21.7 Å². The number of hydrogen-bond acceptors (Lipinski definition) is 2. The van der Waals surface area contributed by atoms with E-state index in [-0.39, 0.29) is 0 Å². The Bertz CT molecular complexity index is 492. The molecule has 0 fully saturated rings. The van der Waals surface area contributed by atoms with Crippen LogP contribution in [-0.4, -0.2) is 16.3 Å². The van der Waals surface area contributed by atoms with Gasteiger partial charge in [0.2, 0.25) is 0 Å². The van der Waals surface area contributed by atoms with Gasteiger partial charge in [-0.25, -0.2) is 4.68 Å². The summed E-state index contributed by atoms with van der Waals surface area (Å²) in [5.74, 6) is 1.08. The molecule has 0 saturated carbocycles. The summed E-state index contributed by atoms with van der Waals surface area (Å²) in [6, 6.07) is 10.9. The third-order valence-corrected chi connectivity index (χ3v) is 3.52. The van der Waals surface area contributed by atoms with Crippen LogP contribution in [0, 0.1) is 0 Å². The summed E-state index contributed by atoms with van der Waals surface area (Å²) in [5.41, 5.74) is 1.32. The quantitative estimate of drug-likeness (QED) is 0.868. The van der Waals surface area contributed by atoms with Gasteiger partial charge in [0.15, 0.2) is 0 Å². The molecule has 1 aromatic carbocycles. The highest BCUT2D eigenvalue weighted by atomic mass is 79.9. The molecule has 0 radical (unpaired) electrons. The summed E-state index contributed by atoms with van der Waals surface area (Å²) in [6.45, 7) is 0.990. The summed E-state index contributed by atoms with van der Waals surface area (Å²) >= 11 is 3.51. The molecule has 0 aliphatic carbocycles. The van der Waals surface area contributed by atoms with Gasteiger partial charge in [-0.2, -0.15) is 5.10 Å². The molecule has 0 saturated heterocycles. The minimum atomic E-state index is 0.351. The Hall–Kier alpha value is -1.29. The second-order valence-electron chi connectivity index (χ2n) is 3.93. The molecule has 4 heteroatoms. The normalized spacial score (nSPS) is 18.9. The van der Waals surface area contributed by atoms with Crippen molar-refractivity contribution < 1.29 is 0 Å². The molecule has 0 spiro atoms. The highest BCUT2D eigenvalue weighted by Crippen LogP contribution is 2.33. The van der Waals surface area contributed by atoms with Gasteiger partial charge in [0.1, 0.15) is 5.82 Å². The molecule has 2 heterocycles. The first kappa shape index (κ1) is 9.90. The van der Waals surface area contributed by atoms with Crippen molar-refractivity contribution in [3.8, 4) is 0 Å². The summed E-state index contributed by atoms with van der Waals surface area (Å²) in [7, 11) is 0. The zero-order valence-electron chi connectivity index (χ0n) is 8.73. The van der Waals surface area contributed by atoms with Crippen molar-refractivity contribution in [3.63, 3.8) is 0 Å². The van der Waals surface area contributed by atoms with Gasteiger partial charge in [0.25, 0.3) is 0 Å². The Morgan fingerprint density at radius 2 is 2.12 bits per heavy atom. The minimum absolute atomic E-state index is 0.351. The predicted octanol–water partition coefficient (Wildman–Crippen LogP) is 3.05. The Labute approximate surface area is 103 Å². The average Bonchev–Trinajstić information content (AvgIpc) is 2.73. The molecule has 1 atom stereocenters. The molecule has 0 amide bonds. The van der Waals surface area contributed by atoms with E-state index in [2.05, 4.69) is 55.3 Å². The highest BCUT2D eigenvalue weighted by molar-refractivity contribution is 9.10. The van der Waals surface area contributed by atoms with Crippen LogP contribution < -0.4 is 5.32 Å². The van der Waals surface area contributed by atoms with Crippen LogP contribution in [0.2, 0.25) is 0 Å². The van der Waals surface area contributed by atoms with Crippen LogP contribution >= 0.6 is 15.9 Å². The largest absolute Gasteiger partial charge is 0.369 e. The first-order valence-corrected chi connectivity index (χ1v) is 6.17. The fourth-order valence-electron chi connectivity index (χ4n) is 2.18. The maximum absolute atomic E-state index is 4.42. The van der Waals surface area contributed by atoms with E-state index in [1.54, 1.807) is 0 Å². The molecule has 2 aromatic rings. The molecule has 82 valence electrons. The molecular formula is C12H12BrN3. The highest BCUT2D eigenvalue weighted by Gasteiger charge is 2.23. The number of benzene rings is 1. The number of anilines is 1. The molecule has 0 bridgehead atoms. The van der Waals surface area contributed by atoms with E-state index in [4.69, 9.17) is 0 Å². The standard InChI is InChI=1S/C12H12BrN3/c13-10-8-15-16-11(6-7-14-12(10)16)9-4-2-1-3-5-9/h1-5,8,11,14H,6-7H2. The summed E-state index contributed by atoms with van der Waals surface area (Å²) in [4.78, 5) is 0. The number of rotatable bonds is 1. The smallest absolute Gasteiger partial charge is 0.139 e. The average molecular weight is 278 g/mol. The van der Waals surface area contributed by atoms with E-state index in [0.29, 0.717) is 6.04 Å². The van der Waals surface area contributed by atoms with Crippen molar-refractivity contribution in [1.82, 2.24) is 9.78 Å². The van der Waals surface area contributed by atoms with E-state index in [1.807, 2.05) is 12.3 Å². The Morgan fingerprint density at radius 1 is 1.31 bits per heavy atom. The minimum Gasteiger partial charge on any atom is -0.369 e. The van der Waals surface area contributed by atoms with Crippen LogP contribution in [0.1, 0.15) is 18.0 Å². The van der Waals surface area contributed by atoms with Crippen LogP contribution in [0.15, 0.2) is 41.0 Å². The third kappa shape index (κ3) is 1.53. The van der Waals surface area contributed by atoms with Crippen molar-refractivity contribution in [3.05, 3.63) is 46.6 Å². The van der Waals surface area contributed by atoms with E-state index in [1.165, 1.54) is 5.56 Å². The lowest BCUT2D eigenvalue weighted by molar-refractivity contribution is 0.482. The van der Waals surface area contributed by atoms with Gasteiger partial charge in [-0.05, 0) is 27.9 Å². The molecule has 1 aliphatic rings. The first-order chi connectivity index (χ1) is 7.86. The summed E-state index contributed by atoms with van der Waals surface area (Å²) in [5, 5.41) is 7.79. The first-order valence-electron chi connectivity index (χ1n) is 5.38. The van der Waals surface area contributed by atoms with E-state index in [0.717, 1.165) is 23.3 Å². The number of halogens is 1. The Kier molecular flexibility index (Phi) is 2.44. The van der Waals surface area contributed by atoms with Gasteiger partial charge in [0, 0.05) is 6.54 Å². The lowest BCUT2D eigenvalue weighted by atomic mass is 10.0. The van der Waals surface area contributed by atoms with Crippen molar-refractivity contribution in [2.45, 2.75) is 12.5 Å². The Morgan fingerprint density at radius 3 is 2.94 bits per heavy atom. The lowest BCUT2D eigenvalue weighted by Crippen LogP contribution is -2.24. The lowest BCUT2D eigenvalue weighted by Gasteiger charge is -2.26. The molecule has 1 N–H and O–H groups in total. The Balaban J connectivity index is 2.05. The number of fused-ring (bicyclic) bond motifs is 1. The molecule has 16 heavy (non-hydrogen) atoms. The van der Waals surface area contributed by atoms with Gasteiger partial charge in [-0.1, -0.05) is 30.3 Å². The van der Waals surface area contributed by atoms with Crippen LogP contribution in [0.25, 0.3) is 0 Å². The SMILES string of the molecule is Brc1cnn2c1NCCC2c1ccccc1. The number of aromatic nitrogens is 2. The van der Waals surface area contributed by atoms with Crippen molar-refractivity contribution in [2.24, 2.45) is 0 Å². The number of nitrogens with zero attached hydrogens (tertiary/aromatic N) is 2. The molecule has 1 aromatic heterocycles. The van der Waals surface area contributed by atoms with Crippen LogP contribution in [0.4, 0.5) is 5.82 Å². The van der Waals surface area contributed by atoms with Crippen LogP contribution in [0.3, 0.4) is 0 Å². The maximum atomic E-state index is 4.42. The summed E-state index contributed by atoms with van der Waals surface area (Å²) in [6.07, 6.45) is 2.93. The maximum Gasteiger partial charge on any atom is 0.139 e. The van der Waals surface area contributed by atoms with Crippen LogP contribution in [0.5, 0.6) is 0 Å². The predicted molar refractivity (Wildman–Crippen MR) is 67.6 cm³/mol. The van der Waals surface area contributed by atoms with E-state index < -0.39 is 0 Å². The monoisotopic (exact) mass is 277 g/mol. The second-order valence-corrected chi connectivity index (χ2v) is 4.78. The summed E-state index contributed by atoms with van der Waals surface area (Å²) < 4.78 is 3.09. The fraction of sp³-hybridized carbons (Fsp3) is 0.250. The number of hydrogen-bond donors (Lipinski definition) is 1. The van der Waals surface area contributed by atoms with Gasteiger partial charge < -0.3 is 5.32 Å². The number of nitrogens with one attached hydrogen (secondary N) is 1. The third-order valence-electron chi connectivity index (χ3n) is 2.94. The van der Waals surface area contributed by atoms with Gasteiger partial charge >= 0.3 is 0 Å². The molecule has 1 unspecified atom stereocenters. The van der Waals surface area contributed by atoms with Gasteiger partial charge in [-0.3, -0.25) is 0 Å². The van der Waals surface area contributed by atoms with Crippen molar-refractivity contribution in [1.29, 1.82) is 0 Å². The van der Waals surface area contributed by atoms with Crippen molar-refractivity contribution in [2.75, 3.05) is 11.9 Å². The molecule has 1 aliphatic heterocycles. The molecule has 3 nitrogen and oxygen atoms in total. The molecule has 3 rings (SSSR count). The van der Waals surface area contributed by atoms with Gasteiger partial charge in [-0.15, -0.1) is 0 Å². The topological polar surface area (TPSA) is 29.9 Å². The van der Waals surface area contributed by atoms with Crippen LogP contribution in [-0.2, 0) is 0 Å².